The van der Waals surface area contributed by atoms with Crippen molar-refractivity contribution in [3.05, 3.63) is 17.7 Å². The highest BCUT2D eigenvalue weighted by atomic mass is 16.7. The maximum absolute atomic E-state index is 10.5. The molecule has 3 N–H and O–H groups in total. The summed E-state index contributed by atoms with van der Waals surface area (Å²) in [6.07, 6.45) is -0.109. The Morgan fingerprint density at radius 3 is 2.71 bits per heavy atom. The number of carboxylic acids is 1. The SMILES string of the molecule is Nc1cc2c(cc1CC(=O)O)OCO2. The van der Waals surface area contributed by atoms with E-state index in [1.54, 1.807) is 12.1 Å². The second kappa shape index (κ2) is 3.10. The summed E-state index contributed by atoms with van der Waals surface area (Å²) in [5, 5.41) is 8.61. The molecule has 0 aliphatic carbocycles. The summed E-state index contributed by atoms with van der Waals surface area (Å²) in [4.78, 5) is 10.5. The van der Waals surface area contributed by atoms with Crippen molar-refractivity contribution in [1.29, 1.82) is 0 Å². The van der Waals surface area contributed by atoms with E-state index in [0.29, 0.717) is 22.7 Å². The number of anilines is 1. The van der Waals surface area contributed by atoms with Crippen LogP contribution in [0.25, 0.3) is 0 Å². The van der Waals surface area contributed by atoms with Crippen LogP contribution in [0.3, 0.4) is 0 Å². The van der Waals surface area contributed by atoms with Crippen LogP contribution in [0.5, 0.6) is 11.5 Å². The maximum atomic E-state index is 10.5. The molecule has 2 rings (SSSR count). The van der Waals surface area contributed by atoms with Gasteiger partial charge in [-0.15, -0.1) is 0 Å². The van der Waals surface area contributed by atoms with E-state index in [1.807, 2.05) is 0 Å². The van der Waals surface area contributed by atoms with Gasteiger partial charge in [0.2, 0.25) is 6.79 Å². The Kier molecular flexibility index (Phi) is 1.92. The third-order valence-electron chi connectivity index (χ3n) is 1.98. The minimum Gasteiger partial charge on any atom is -0.481 e. The number of nitrogens with two attached hydrogens (primary N) is 1. The van der Waals surface area contributed by atoms with Gasteiger partial charge in [0.1, 0.15) is 0 Å². The number of ether oxygens (including phenoxy) is 2. The van der Waals surface area contributed by atoms with Gasteiger partial charge in [-0.25, -0.2) is 0 Å². The molecule has 74 valence electrons. The first-order valence-electron chi connectivity index (χ1n) is 4.06. The average Bonchev–Trinajstić information content (AvgIpc) is 2.51. The molecule has 1 heterocycles. The van der Waals surface area contributed by atoms with Crippen LogP contribution in [0.1, 0.15) is 5.56 Å². The molecular formula is C9H9NO4. The summed E-state index contributed by atoms with van der Waals surface area (Å²) >= 11 is 0. The number of carboxylic acid groups (broad SMARTS) is 1. The highest BCUT2D eigenvalue weighted by Crippen LogP contribution is 2.35. The van der Waals surface area contributed by atoms with Gasteiger partial charge >= 0.3 is 5.97 Å². The number of rotatable bonds is 2. The first kappa shape index (κ1) is 8.68. The summed E-state index contributed by atoms with van der Waals surface area (Å²) in [5.74, 6) is 0.197. The number of nitrogen functional groups attached to an aromatic ring is 1. The Bertz CT molecular complexity index is 389. The molecule has 0 aromatic heterocycles. The molecule has 0 spiro atoms. The van der Waals surface area contributed by atoms with Crippen LogP contribution in [0.15, 0.2) is 12.1 Å². The minimum absolute atomic E-state index is 0.109. The molecule has 1 aromatic rings. The fourth-order valence-corrected chi connectivity index (χ4v) is 1.32. The monoisotopic (exact) mass is 195 g/mol. The van der Waals surface area contributed by atoms with E-state index in [0.717, 1.165) is 0 Å². The smallest absolute Gasteiger partial charge is 0.307 e. The molecule has 1 aliphatic heterocycles. The predicted molar refractivity (Wildman–Crippen MR) is 48.3 cm³/mol. The zero-order valence-electron chi connectivity index (χ0n) is 7.32. The number of hydrogen-bond donors (Lipinski definition) is 2. The largest absolute Gasteiger partial charge is 0.481 e. The number of carbonyl (C=O) groups is 1. The molecule has 0 fully saturated rings. The number of fused-ring (bicyclic) bond motifs is 1. The van der Waals surface area contributed by atoms with Crippen LogP contribution in [0.2, 0.25) is 0 Å². The Morgan fingerprint density at radius 2 is 2.07 bits per heavy atom. The topological polar surface area (TPSA) is 81.8 Å². The Labute approximate surface area is 80.0 Å². The normalized spacial score (nSPS) is 12.9. The molecule has 14 heavy (non-hydrogen) atoms. The molecule has 0 saturated heterocycles. The van der Waals surface area contributed by atoms with Gasteiger partial charge in [0.05, 0.1) is 6.42 Å². The Balaban J connectivity index is 2.37. The van der Waals surface area contributed by atoms with E-state index in [4.69, 9.17) is 20.3 Å². The van der Waals surface area contributed by atoms with E-state index < -0.39 is 5.97 Å². The van der Waals surface area contributed by atoms with E-state index in [9.17, 15) is 4.79 Å². The van der Waals surface area contributed by atoms with E-state index in [2.05, 4.69) is 0 Å². The van der Waals surface area contributed by atoms with E-state index >= 15 is 0 Å². The standard InChI is InChI=1S/C9H9NO4/c10-6-3-8-7(13-4-14-8)1-5(6)2-9(11)12/h1,3H,2,4,10H2,(H,11,12). The summed E-state index contributed by atoms with van der Waals surface area (Å²) in [6.45, 7) is 0.158. The fourth-order valence-electron chi connectivity index (χ4n) is 1.32. The van der Waals surface area contributed by atoms with Crippen LogP contribution in [-0.4, -0.2) is 17.9 Å². The summed E-state index contributed by atoms with van der Waals surface area (Å²) in [5.41, 5.74) is 6.60. The van der Waals surface area contributed by atoms with Gasteiger partial charge in [0.25, 0.3) is 0 Å². The Morgan fingerprint density at radius 1 is 1.43 bits per heavy atom. The molecule has 0 bridgehead atoms. The molecule has 1 aromatic carbocycles. The maximum Gasteiger partial charge on any atom is 0.307 e. The highest BCUT2D eigenvalue weighted by molar-refractivity contribution is 5.74. The van der Waals surface area contributed by atoms with Crippen molar-refractivity contribution < 1.29 is 19.4 Å². The van der Waals surface area contributed by atoms with Crippen molar-refractivity contribution >= 4 is 11.7 Å². The van der Waals surface area contributed by atoms with Gasteiger partial charge in [-0.2, -0.15) is 0 Å². The van der Waals surface area contributed by atoms with Crippen LogP contribution in [0.4, 0.5) is 5.69 Å². The lowest BCUT2D eigenvalue weighted by Gasteiger charge is -2.04. The number of aliphatic carboxylic acids is 1. The van der Waals surface area contributed by atoms with Crippen LogP contribution >= 0.6 is 0 Å². The quantitative estimate of drug-likeness (QED) is 0.676. The molecule has 5 nitrogen and oxygen atoms in total. The van der Waals surface area contributed by atoms with Gasteiger partial charge in [0, 0.05) is 11.8 Å². The van der Waals surface area contributed by atoms with Crippen molar-refractivity contribution in [1.82, 2.24) is 0 Å². The molecule has 5 heteroatoms. The highest BCUT2D eigenvalue weighted by Gasteiger charge is 2.16. The third kappa shape index (κ3) is 1.44. The summed E-state index contributed by atoms with van der Waals surface area (Å²) in [7, 11) is 0. The average molecular weight is 195 g/mol. The number of hydrogen-bond acceptors (Lipinski definition) is 4. The third-order valence-corrected chi connectivity index (χ3v) is 1.98. The first-order chi connectivity index (χ1) is 6.66. The van der Waals surface area contributed by atoms with Crippen LogP contribution in [-0.2, 0) is 11.2 Å². The van der Waals surface area contributed by atoms with Crippen LogP contribution < -0.4 is 15.2 Å². The Hall–Kier alpha value is -1.91. The lowest BCUT2D eigenvalue weighted by atomic mass is 10.1. The van der Waals surface area contributed by atoms with Gasteiger partial charge < -0.3 is 20.3 Å². The first-order valence-corrected chi connectivity index (χ1v) is 4.06. The van der Waals surface area contributed by atoms with E-state index in [1.165, 1.54) is 0 Å². The zero-order valence-corrected chi connectivity index (χ0v) is 7.32. The van der Waals surface area contributed by atoms with Crippen molar-refractivity contribution in [3.8, 4) is 11.5 Å². The van der Waals surface area contributed by atoms with Crippen LogP contribution in [0, 0.1) is 0 Å². The fraction of sp³-hybridized carbons (Fsp3) is 0.222. The molecule has 0 amide bonds. The minimum atomic E-state index is -0.921. The molecule has 0 unspecified atom stereocenters. The summed E-state index contributed by atoms with van der Waals surface area (Å²) < 4.78 is 10.2. The van der Waals surface area contributed by atoms with E-state index in [-0.39, 0.29) is 13.2 Å². The van der Waals surface area contributed by atoms with Crippen molar-refractivity contribution in [2.24, 2.45) is 0 Å². The lowest BCUT2D eigenvalue weighted by Crippen LogP contribution is -2.03. The lowest BCUT2D eigenvalue weighted by molar-refractivity contribution is -0.136. The van der Waals surface area contributed by atoms with Gasteiger partial charge in [0.15, 0.2) is 11.5 Å². The summed E-state index contributed by atoms with van der Waals surface area (Å²) in [6, 6.07) is 3.19. The van der Waals surface area contributed by atoms with Gasteiger partial charge in [-0.05, 0) is 11.6 Å². The van der Waals surface area contributed by atoms with Crippen molar-refractivity contribution in [2.45, 2.75) is 6.42 Å². The zero-order chi connectivity index (χ0) is 10.1. The van der Waals surface area contributed by atoms with Crippen molar-refractivity contribution in [3.63, 3.8) is 0 Å². The second-order valence-electron chi connectivity index (χ2n) is 2.97. The molecule has 0 atom stereocenters. The molecule has 1 aliphatic rings. The number of benzene rings is 1. The van der Waals surface area contributed by atoms with Gasteiger partial charge in [-0.3, -0.25) is 4.79 Å². The second-order valence-corrected chi connectivity index (χ2v) is 2.97. The molecule has 0 saturated carbocycles. The molecular weight excluding hydrogens is 186 g/mol. The van der Waals surface area contributed by atoms with Gasteiger partial charge in [-0.1, -0.05) is 0 Å². The predicted octanol–water partition coefficient (Wildman–Crippen LogP) is 0.625. The van der Waals surface area contributed by atoms with Crippen molar-refractivity contribution in [2.75, 3.05) is 12.5 Å². The molecule has 0 radical (unpaired) electrons.